The predicted octanol–water partition coefficient (Wildman–Crippen LogP) is 4.02. The highest BCUT2D eigenvalue weighted by Gasteiger charge is 2.17. The molecule has 0 unspecified atom stereocenters. The molecule has 1 aromatic heterocycles. The number of hydrogen-bond acceptors (Lipinski definition) is 5. The molecule has 1 heterocycles. The van der Waals surface area contributed by atoms with E-state index in [9.17, 15) is 4.79 Å². The minimum Gasteiger partial charge on any atom is -0.465 e. The Balaban J connectivity index is 2.44. The van der Waals surface area contributed by atoms with Gasteiger partial charge in [0.2, 0.25) is 0 Å². The number of ether oxygens (including phenoxy) is 1. The maximum Gasteiger partial charge on any atom is 0.339 e. The molecule has 0 aliphatic rings. The molecule has 4 nitrogen and oxygen atoms in total. The van der Waals surface area contributed by atoms with Gasteiger partial charge in [0.05, 0.1) is 17.7 Å². The second kappa shape index (κ2) is 6.47. The zero-order valence-electron chi connectivity index (χ0n) is 10.4. The van der Waals surface area contributed by atoms with Crippen molar-refractivity contribution in [1.29, 1.82) is 0 Å². The van der Waals surface area contributed by atoms with E-state index in [-0.39, 0.29) is 0 Å². The fraction of sp³-hybridized carbons (Fsp3) is 0.0769. The van der Waals surface area contributed by atoms with Gasteiger partial charge >= 0.3 is 5.97 Å². The fourth-order valence-electron chi connectivity index (χ4n) is 1.51. The van der Waals surface area contributed by atoms with Gasteiger partial charge in [0.1, 0.15) is 5.03 Å². The van der Waals surface area contributed by atoms with E-state index in [0.717, 1.165) is 4.47 Å². The Morgan fingerprint density at radius 1 is 1.45 bits per heavy atom. The SMILES string of the molecule is COC(=O)c1cc(N)cc(Cl)c1Sc1ccc(Br)cn1. The standard InChI is InChI=1S/C13H10BrClN2O2S/c1-19-13(18)9-4-8(16)5-10(15)12(9)20-11-3-2-7(14)6-17-11/h2-6H,16H2,1H3. The third kappa shape index (κ3) is 3.45. The van der Waals surface area contributed by atoms with Gasteiger partial charge in [-0.05, 0) is 40.2 Å². The molecule has 0 spiro atoms. The third-order valence-electron chi connectivity index (χ3n) is 2.38. The molecule has 0 aliphatic carbocycles. The molecule has 0 aliphatic heterocycles. The molecule has 0 atom stereocenters. The van der Waals surface area contributed by atoms with Gasteiger partial charge in [-0.2, -0.15) is 0 Å². The van der Waals surface area contributed by atoms with Gasteiger partial charge in [0, 0.05) is 21.3 Å². The number of nitrogens with zero attached hydrogens (tertiary/aromatic N) is 1. The summed E-state index contributed by atoms with van der Waals surface area (Å²) in [5, 5.41) is 1.10. The molecular weight excluding hydrogens is 364 g/mol. The van der Waals surface area contributed by atoms with Gasteiger partial charge in [-0.1, -0.05) is 23.4 Å². The van der Waals surface area contributed by atoms with Crippen LogP contribution in [0.25, 0.3) is 0 Å². The molecule has 2 rings (SSSR count). The smallest absolute Gasteiger partial charge is 0.339 e. The summed E-state index contributed by atoms with van der Waals surface area (Å²) >= 11 is 10.8. The number of rotatable bonds is 3. The van der Waals surface area contributed by atoms with Crippen LogP contribution in [0, 0.1) is 0 Å². The van der Waals surface area contributed by atoms with E-state index in [1.165, 1.54) is 18.9 Å². The van der Waals surface area contributed by atoms with Gasteiger partial charge in [0.25, 0.3) is 0 Å². The number of aromatic nitrogens is 1. The van der Waals surface area contributed by atoms with Crippen LogP contribution in [0.2, 0.25) is 5.02 Å². The van der Waals surface area contributed by atoms with Gasteiger partial charge in [-0.3, -0.25) is 0 Å². The Morgan fingerprint density at radius 3 is 2.80 bits per heavy atom. The van der Waals surface area contributed by atoms with E-state index in [4.69, 9.17) is 22.1 Å². The minimum absolute atomic E-state index is 0.326. The molecule has 0 fully saturated rings. The molecule has 2 N–H and O–H groups in total. The zero-order chi connectivity index (χ0) is 14.7. The average molecular weight is 374 g/mol. The summed E-state index contributed by atoms with van der Waals surface area (Å²) in [7, 11) is 1.31. The van der Waals surface area contributed by atoms with E-state index < -0.39 is 5.97 Å². The van der Waals surface area contributed by atoms with Crippen molar-refractivity contribution in [2.45, 2.75) is 9.92 Å². The normalized spacial score (nSPS) is 10.3. The molecule has 7 heteroatoms. The van der Waals surface area contributed by atoms with E-state index in [1.54, 1.807) is 18.3 Å². The van der Waals surface area contributed by atoms with Crippen molar-refractivity contribution in [3.05, 3.63) is 45.5 Å². The summed E-state index contributed by atoms with van der Waals surface area (Å²) in [6.07, 6.45) is 1.67. The summed E-state index contributed by atoms with van der Waals surface area (Å²) in [6, 6.07) is 6.81. The van der Waals surface area contributed by atoms with Crippen molar-refractivity contribution in [3.8, 4) is 0 Å². The molecule has 0 bridgehead atoms. The Hall–Kier alpha value is -1.24. The first kappa shape index (κ1) is 15.2. The van der Waals surface area contributed by atoms with Crippen molar-refractivity contribution in [2.24, 2.45) is 0 Å². The lowest BCUT2D eigenvalue weighted by Gasteiger charge is -2.10. The summed E-state index contributed by atoms with van der Waals surface area (Å²) in [5.74, 6) is -0.487. The fourth-order valence-corrected chi connectivity index (χ4v) is 2.94. The van der Waals surface area contributed by atoms with E-state index in [0.29, 0.717) is 26.2 Å². The Labute approximate surface area is 133 Å². The molecule has 104 valence electrons. The maximum absolute atomic E-state index is 11.8. The number of benzene rings is 1. The van der Waals surface area contributed by atoms with Crippen molar-refractivity contribution in [1.82, 2.24) is 4.98 Å². The molecule has 20 heavy (non-hydrogen) atoms. The minimum atomic E-state index is -0.487. The second-order valence-electron chi connectivity index (χ2n) is 3.79. The lowest BCUT2D eigenvalue weighted by Crippen LogP contribution is -2.05. The van der Waals surface area contributed by atoms with Gasteiger partial charge in [-0.15, -0.1) is 0 Å². The number of pyridine rings is 1. The maximum atomic E-state index is 11.8. The van der Waals surface area contributed by atoms with Crippen LogP contribution in [0.4, 0.5) is 5.69 Å². The number of esters is 1. The van der Waals surface area contributed by atoms with Gasteiger partial charge < -0.3 is 10.5 Å². The van der Waals surface area contributed by atoms with E-state index >= 15 is 0 Å². The van der Waals surface area contributed by atoms with Crippen LogP contribution in [-0.4, -0.2) is 18.1 Å². The van der Waals surface area contributed by atoms with Crippen molar-refractivity contribution < 1.29 is 9.53 Å². The van der Waals surface area contributed by atoms with Crippen LogP contribution in [0.5, 0.6) is 0 Å². The van der Waals surface area contributed by atoms with Crippen LogP contribution >= 0.6 is 39.3 Å². The highest BCUT2D eigenvalue weighted by molar-refractivity contribution is 9.10. The van der Waals surface area contributed by atoms with E-state index in [1.807, 2.05) is 12.1 Å². The summed E-state index contributed by atoms with van der Waals surface area (Å²) in [6.45, 7) is 0. The van der Waals surface area contributed by atoms with Crippen LogP contribution in [0.3, 0.4) is 0 Å². The first-order valence-corrected chi connectivity index (χ1v) is 7.46. The first-order chi connectivity index (χ1) is 9.51. The molecule has 0 saturated carbocycles. The molecule has 2 aromatic rings. The molecule has 0 radical (unpaired) electrons. The largest absolute Gasteiger partial charge is 0.465 e. The van der Waals surface area contributed by atoms with Crippen LogP contribution < -0.4 is 5.73 Å². The number of hydrogen-bond donors (Lipinski definition) is 1. The quantitative estimate of drug-likeness (QED) is 0.650. The third-order valence-corrected chi connectivity index (χ3v) is 4.35. The van der Waals surface area contributed by atoms with E-state index in [2.05, 4.69) is 20.9 Å². The lowest BCUT2D eigenvalue weighted by atomic mass is 10.2. The highest BCUT2D eigenvalue weighted by Crippen LogP contribution is 2.37. The molecule has 1 aromatic carbocycles. The topological polar surface area (TPSA) is 65.2 Å². The summed E-state index contributed by atoms with van der Waals surface area (Å²) in [5.41, 5.74) is 6.44. The lowest BCUT2D eigenvalue weighted by molar-refractivity contribution is 0.0597. The number of halogens is 2. The van der Waals surface area contributed by atoms with Crippen LogP contribution in [0.15, 0.2) is 44.9 Å². The second-order valence-corrected chi connectivity index (χ2v) is 6.14. The van der Waals surface area contributed by atoms with Gasteiger partial charge in [0.15, 0.2) is 0 Å². The molecule has 0 amide bonds. The summed E-state index contributed by atoms with van der Waals surface area (Å²) < 4.78 is 5.62. The monoisotopic (exact) mass is 372 g/mol. The zero-order valence-corrected chi connectivity index (χ0v) is 13.6. The Morgan fingerprint density at radius 2 is 2.20 bits per heavy atom. The van der Waals surface area contributed by atoms with Crippen LogP contribution in [0.1, 0.15) is 10.4 Å². The Kier molecular flexibility index (Phi) is 4.91. The van der Waals surface area contributed by atoms with Crippen molar-refractivity contribution in [3.63, 3.8) is 0 Å². The van der Waals surface area contributed by atoms with Crippen molar-refractivity contribution in [2.75, 3.05) is 12.8 Å². The highest BCUT2D eigenvalue weighted by atomic mass is 79.9. The number of carbonyl (C=O) groups excluding carboxylic acids is 1. The number of nitrogen functional groups attached to an aromatic ring is 1. The predicted molar refractivity (Wildman–Crippen MR) is 83.3 cm³/mol. The summed E-state index contributed by atoms with van der Waals surface area (Å²) in [4.78, 5) is 16.6. The average Bonchev–Trinajstić information content (AvgIpc) is 2.42. The number of carbonyl (C=O) groups is 1. The number of methoxy groups -OCH3 is 1. The molecular formula is C13H10BrClN2O2S. The van der Waals surface area contributed by atoms with Crippen molar-refractivity contribution >= 4 is 50.9 Å². The first-order valence-electron chi connectivity index (χ1n) is 5.48. The van der Waals surface area contributed by atoms with Gasteiger partial charge in [-0.25, -0.2) is 9.78 Å². The molecule has 0 saturated heterocycles. The number of nitrogens with two attached hydrogens (primary N) is 1. The van der Waals surface area contributed by atoms with Crippen LogP contribution in [-0.2, 0) is 4.74 Å². The number of anilines is 1. The Bertz CT molecular complexity index is 650.